The van der Waals surface area contributed by atoms with E-state index in [0.717, 1.165) is 5.56 Å². The molecule has 0 amide bonds. The van der Waals surface area contributed by atoms with E-state index in [1.807, 2.05) is 30.3 Å². The average molecular weight is 297 g/mol. The Morgan fingerprint density at radius 2 is 2.00 bits per heavy atom. The molecule has 6 heteroatoms. The first kappa shape index (κ1) is 14.1. The molecule has 0 aromatic heterocycles. The Hall–Kier alpha value is -1.82. The van der Waals surface area contributed by atoms with Crippen molar-refractivity contribution >= 4 is 11.8 Å². The van der Waals surface area contributed by atoms with E-state index >= 15 is 0 Å². The first-order chi connectivity index (χ1) is 9.92. The van der Waals surface area contributed by atoms with E-state index < -0.39 is 17.9 Å². The van der Waals surface area contributed by atoms with Crippen molar-refractivity contribution in [2.24, 2.45) is 11.1 Å². The van der Waals surface area contributed by atoms with Crippen LogP contribution in [-0.4, -0.2) is 22.8 Å². The van der Waals surface area contributed by atoms with Crippen molar-refractivity contribution in [3.05, 3.63) is 41.5 Å². The van der Waals surface area contributed by atoms with E-state index in [-0.39, 0.29) is 12.1 Å². The van der Waals surface area contributed by atoms with Crippen molar-refractivity contribution in [2.45, 2.75) is 31.2 Å². The van der Waals surface area contributed by atoms with E-state index in [4.69, 9.17) is 0 Å². The van der Waals surface area contributed by atoms with Crippen molar-refractivity contribution in [1.82, 2.24) is 0 Å². The number of aliphatic hydroxyl groups is 1. The van der Waals surface area contributed by atoms with Gasteiger partial charge in [0.15, 0.2) is 0 Å². The normalized spacial score (nSPS) is 30.8. The second-order valence-electron chi connectivity index (χ2n) is 5.29. The third-order valence-electron chi connectivity index (χ3n) is 3.90. The Morgan fingerprint density at radius 3 is 2.67 bits per heavy atom. The monoisotopic (exact) mass is 297 g/mol. The lowest BCUT2D eigenvalue weighted by Gasteiger charge is -2.32. The summed E-state index contributed by atoms with van der Waals surface area (Å²) in [5.41, 5.74) is 1.79. The fourth-order valence-electron chi connectivity index (χ4n) is 2.82. The fraction of sp³-hybridized carbons (Fsp3) is 0.400. The molecular weight excluding hydrogens is 283 g/mol. The number of oxime groups is 1. The molecular formula is C15H14F3NO2. The van der Waals surface area contributed by atoms with Crippen LogP contribution in [0.4, 0.5) is 13.2 Å². The Kier molecular flexibility index (Phi) is 3.28. The van der Waals surface area contributed by atoms with Crippen LogP contribution in [0.15, 0.2) is 41.1 Å². The van der Waals surface area contributed by atoms with Crippen LogP contribution in [0.1, 0.15) is 24.8 Å². The number of benzene rings is 1. The Morgan fingerprint density at radius 1 is 1.29 bits per heavy atom. The first-order valence-electron chi connectivity index (χ1n) is 6.73. The van der Waals surface area contributed by atoms with E-state index in [9.17, 15) is 18.3 Å². The molecule has 1 aromatic rings. The van der Waals surface area contributed by atoms with Crippen molar-refractivity contribution in [3.63, 3.8) is 0 Å². The van der Waals surface area contributed by atoms with Gasteiger partial charge in [-0.2, -0.15) is 13.2 Å². The zero-order valence-electron chi connectivity index (χ0n) is 11.1. The predicted octanol–water partition coefficient (Wildman–Crippen LogP) is 3.51. The minimum Gasteiger partial charge on any atom is -0.349 e. The van der Waals surface area contributed by atoms with Crippen molar-refractivity contribution in [2.75, 3.05) is 0 Å². The van der Waals surface area contributed by atoms with Crippen LogP contribution in [0, 0.1) is 5.92 Å². The summed E-state index contributed by atoms with van der Waals surface area (Å²) in [7, 11) is 0. The fourth-order valence-corrected chi connectivity index (χ4v) is 2.82. The third-order valence-corrected chi connectivity index (χ3v) is 3.90. The van der Waals surface area contributed by atoms with Gasteiger partial charge in [0.1, 0.15) is 0 Å². The second kappa shape index (κ2) is 4.87. The predicted molar refractivity (Wildman–Crippen MR) is 71.3 cm³/mol. The molecule has 1 aliphatic heterocycles. The minimum absolute atomic E-state index is 0.209. The molecule has 1 aromatic carbocycles. The molecule has 21 heavy (non-hydrogen) atoms. The summed E-state index contributed by atoms with van der Waals surface area (Å²) < 4.78 is 39.0. The highest BCUT2D eigenvalue weighted by atomic mass is 19.4. The summed E-state index contributed by atoms with van der Waals surface area (Å²) in [6.45, 7) is 0. The number of hydrogen-bond donors (Lipinski definition) is 1. The maximum atomic E-state index is 13.0. The molecule has 1 N–H and O–H groups in total. The molecule has 0 unspecified atom stereocenters. The lowest BCUT2D eigenvalue weighted by Crippen LogP contribution is -2.52. The number of alkyl halides is 3. The van der Waals surface area contributed by atoms with Crippen molar-refractivity contribution < 1.29 is 23.1 Å². The summed E-state index contributed by atoms with van der Waals surface area (Å²) in [4.78, 5) is 4.40. The van der Waals surface area contributed by atoms with Crippen LogP contribution in [0.5, 0.6) is 0 Å². The van der Waals surface area contributed by atoms with E-state index in [2.05, 4.69) is 9.99 Å². The zero-order valence-corrected chi connectivity index (χ0v) is 11.1. The van der Waals surface area contributed by atoms with Gasteiger partial charge in [-0.3, -0.25) is 0 Å². The number of allylic oxidation sites excluding steroid dienone is 1. The third kappa shape index (κ3) is 2.33. The molecule has 1 saturated carbocycles. The molecule has 0 spiro atoms. The molecule has 1 fully saturated rings. The molecule has 2 atom stereocenters. The van der Waals surface area contributed by atoms with Gasteiger partial charge in [0.05, 0.1) is 11.6 Å². The van der Waals surface area contributed by atoms with Crippen LogP contribution in [0.3, 0.4) is 0 Å². The van der Waals surface area contributed by atoms with Gasteiger partial charge >= 0.3 is 12.0 Å². The number of fused-ring (bicyclic) bond motifs is 1. The lowest BCUT2D eigenvalue weighted by atomic mass is 9.78. The van der Waals surface area contributed by atoms with Gasteiger partial charge in [0, 0.05) is 0 Å². The summed E-state index contributed by atoms with van der Waals surface area (Å²) >= 11 is 0. The maximum Gasteiger partial charge on any atom is 0.458 e. The van der Waals surface area contributed by atoms with Crippen molar-refractivity contribution in [1.29, 1.82) is 0 Å². The molecule has 2 aliphatic rings. The number of halogens is 3. The zero-order chi connectivity index (χ0) is 15.1. The van der Waals surface area contributed by atoms with Gasteiger partial charge in [0.25, 0.3) is 0 Å². The van der Waals surface area contributed by atoms with E-state index in [1.54, 1.807) is 6.08 Å². The van der Waals surface area contributed by atoms with E-state index in [0.29, 0.717) is 18.4 Å². The summed E-state index contributed by atoms with van der Waals surface area (Å²) in [6, 6.07) is 9.30. The largest absolute Gasteiger partial charge is 0.458 e. The maximum absolute atomic E-state index is 13.0. The Labute approximate surface area is 119 Å². The standard InChI is InChI=1S/C15H14F3NO2/c16-15(17,18)14(20)12-8-4-7-11(13(12)19-21-14)9-10-5-2-1-3-6-10/h1-3,5-6,9,12,20H,4,7-8H2/b11-9+/t12-,14+/m0/s1. The highest BCUT2D eigenvalue weighted by Gasteiger charge is 2.66. The molecule has 3 nitrogen and oxygen atoms in total. The quantitative estimate of drug-likeness (QED) is 0.862. The topological polar surface area (TPSA) is 41.8 Å². The summed E-state index contributed by atoms with van der Waals surface area (Å²) in [6.07, 6.45) is -1.67. The first-order valence-corrected chi connectivity index (χ1v) is 6.73. The smallest absolute Gasteiger partial charge is 0.349 e. The minimum atomic E-state index is -4.86. The van der Waals surface area contributed by atoms with Gasteiger partial charge in [-0.15, -0.1) is 0 Å². The van der Waals surface area contributed by atoms with Crippen LogP contribution >= 0.6 is 0 Å². The van der Waals surface area contributed by atoms with Gasteiger partial charge < -0.3 is 9.94 Å². The van der Waals surface area contributed by atoms with Gasteiger partial charge in [-0.05, 0) is 36.5 Å². The number of rotatable bonds is 1. The molecule has 1 heterocycles. The molecule has 0 bridgehead atoms. The van der Waals surface area contributed by atoms with Gasteiger partial charge in [0.2, 0.25) is 0 Å². The molecule has 0 radical (unpaired) electrons. The molecule has 1 aliphatic carbocycles. The highest BCUT2D eigenvalue weighted by Crippen LogP contribution is 2.47. The Bertz CT molecular complexity index is 595. The van der Waals surface area contributed by atoms with Crippen LogP contribution in [0.2, 0.25) is 0 Å². The van der Waals surface area contributed by atoms with Gasteiger partial charge in [-0.1, -0.05) is 35.5 Å². The Balaban J connectivity index is 1.93. The average Bonchev–Trinajstić information content (AvgIpc) is 2.80. The second-order valence-corrected chi connectivity index (χ2v) is 5.29. The summed E-state index contributed by atoms with van der Waals surface area (Å²) in [5.74, 6) is -4.35. The SMILES string of the molecule is O[C@@]1(C(F)(F)F)ON=C2/C(=C/c3ccccc3)CCC[C@@H]21. The van der Waals surface area contributed by atoms with E-state index in [1.165, 1.54) is 0 Å². The number of hydrogen-bond acceptors (Lipinski definition) is 3. The molecule has 0 saturated heterocycles. The summed E-state index contributed by atoms with van der Waals surface area (Å²) in [5, 5.41) is 13.4. The highest BCUT2D eigenvalue weighted by molar-refractivity contribution is 6.06. The van der Waals surface area contributed by atoms with Crippen LogP contribution in [-0.2, 0) is 4.84 Å². The van der Waals surface area contributed by atoms with Crippen LogP contribution < -0.4 is 0 Å². The molecule has 112 valence electrons. The van der Waals surface area contributed by atoms with Crippen LogP contribution in [0.25, 0.3) is 6.08 Å². The van der Waals surface area contributed by atoms with Gasteiger partial charge in [-0.25, -0.2) is 0 Å². The number of nitrogens with zero attached hydrogens (tertiary/aromatic N) is 1. The lowest BCUT2D eigenvalue weighted by molar-refractivity contribution is -0.370. The van der Waals surface area contributed by atoms with Crippen molar-refractivity contribution in [3.8, 4) is 0 Å². The molecule has 3 rings (SSSR count).